The van der Waals surface area contributed by atoms with E-state index in [4.69, 9.17) is 0 Å². The van der Waals surface area contributed by atoms with Crippen LogP contribution in [0.1, 0.15) is 64.5 Å². The first-order valence-electron chi connectivity index (χ1n) is 8.28. The summed E-state index contributed by atoms with van der Waals surface area (Å²) in [5.41, 5.74) is 3.33. The average molecular weight is 273 g/mol. The highest BCUT2D eigenvalue weighted by Crippen LogP contribution is 2.35. The second-order valence-corrected chi connectivity index (χ2v) is 7.58. The smallest absolute Gasteiger partial charge is 0.0208 e. The van der Waals surface area contributed by atoms with Crippen LogP contribution in [0.5, 0.6) is 0 Å². The van der Waals surface area contributed by atoms with E-state index in [1.54, 1.807) is 0 Å². The van der Waals surface area contributed by atoms with Gasteiger partial charge in [0.25, 0.3) is 0 Å². The SMILES string of the molecule is CC(C)Cc1ccc(CNC2CCCCC2(C)C)cc1. The zero-order valence-corrected chi connectivity index (χ0v) is 13.7. The molecular weight excluding hydrogens is 242 g/mol. The van der Waals surface area contributed by atoms with Crippen molar-refractivity contribution in [3.63, 3.8) is 0 Å². The van der Waals surface area contributed by atoms with E-state index < -0.39 is 0 Å². The van der Waals surface area contributed by atoms with Gasteiger partial charge in [-0.2, -0.15) is 0 Å². The average Bonchev–Trinajstić information content (AvgIpc) is 2.38. The van der Waals surface area contributed by atoms with Crippen molar-refractivity contribution in [1.29, 1.82) is 0 Å². The molecule has 1 fully saturated rings. The van der Waals surface area contributed by atoms with E-state index in [9.17, 15) is 0 Å². The quantitative estimate of drug-likeness (QED) is 0.801. The van der Waals surface area contributed by atoms with Gasteiger partial charge in [-0.05, 0) is 41.7 Å². The molecule has 0 aliphatic heterocycles. The second-order valence-electron chi connectivity index (χ2n) is 7.58. The molecule has 1 aliphatic rings. The molecule has 0 aromatic heterocycles. The molecule has 20 heavy (non-hydrogen) atoms. The van der Waals surface area contributed by atoms with Gasteiger partial charge in [0.15, 0.2) is 0 Å². The molecule has 0 spiro atoms. The molecule has 1 nitrogen and oxygen atoms in total. The molecule has 1 unspecified atom stereocenters. The van der Waals surface area contributed by atoms with Crippen molar-refractivity contribution in [2.75, 3.05) is 0 Å². The Morgan fingerprint density at radius 1 is 1.10 bits per heavy atom. The number of benzene rings is 1. The van der Waals surface area contributed by atoms with Crippen LogP contribution >= 0.6 is 0 Å². The molecule has 0 heterocycles. The fraction of sp³-hybridized carbons (Fsp3) is 0.684. The molecule has 0 saturated heterocycles. The minimum atomic E-state index is 0.454. The molecule has 1 N–H and O–H groups in total. The first-order chi connectivity index (χ1) is 9.47. The van der Waals surface area contributed by atoms with Gasteiger partial charge in [0.05, 0.1) is 0 Å². The molecule has 1 aliphatic carbocycles. The maximum atomic E-state index is 3.79. The molecule has 0 bridgehead atoms. The van der Waals surface area contributed by atoms with Gasteiger partial charge < -0.3 is 5.32 Å². The van der Waals surface area contributed by atoms with E-state index in [-0.39, 0.29) is 0 Å². The summed E-state index contributed by atoms with van der Waals surface area (Å²) in [6.07, 6.45) is 6.66. The van der Waals surface area contributed by atoms with Crippen LogP contribution < -0.4 is 5.32 Å². The molecule has 1 aromatic carbocycles. The lowest BCUT2D eigenvalue weighted by molar-refractivity contribution is 0.167. The van der Waals surface area contributed by atoms with Crippen LogP contribution in [0.15, 0.2) is 24.3 Å². The number of nitrogens with one attached hydrogen (secondary N) is 1. The third-order valence-corrected chi connectivity index (χ3v) is 4.73. The highest BCUT2D eigenvalue weighted by molar-refractivity contribution is 5.22. The van der Waals surface area contributed by atoms with Gasteiger partial charge in [-0.25, -0.2) is 0 Å². The third kappa shape index (κ3) is 4.34. The van der Waals surface area contributed by atoms with E-state index in [1.165, 1.54) is 43.2 Å². The fourth-order valence-electron chi connectivity index (χ4n) is 3.38. The highest BCUT2D eigenvalue weighted by Gasteiger charge is 2.31. The Morgan fingerprint density at radius 3 is 2.35 bits per heavy atom. The van der Waals surface area contributed by atoms with Crippen molar-refractivity contribution in [3.05, 3.63) is 35.4 Å². The summed E-state index contributed by atoms with van der Waals surface area (Å²) in [6, 6.07) is 9.85. The summed E-state index contributed by atoms with van der Waals surface area (Å²) in [5.74, 6) is 0.738. The van der Waals surface area contributed by atoms with Gasteiger partial charge in [-0.3, -0.25) is 0 Å². The first-order valence-corrected chi connectivity index (χ1v) is 8.28. The molecule has 1 heteroatoms. The van der Waals surface area contributed by atoms with Crippen molar-refractivity contribution in [1.82, 2.24) is 5.32 Å². The standard InChI is InChI=1S/C19H31N/c1-15(2)13-16-8-10-17(11-9-16)14-20-18-7-5-6-12-19(18,3)4/h8-11,15,18,20H,5-7,12-14H2,1-4H3. The monoisotopic (exact) mass is 273 g/mol. The van der Waals surface area contributed by atoms with Crippen LogP contribution in [0.3, 0.4) is 0 Å². The normalized spacial score (nSPS) is 22.1. The van der Waals surface area contributed by atoms with E-state index >= 15 is 0 Å². The van der Waals surface area contributed by atoms with Crippen LogP contribution in [-0.4, -0.2) is 6.04 Å². The number of hydrogen-bond donors (Lipinski definition) is 1. The summed E-state index contributed by atoms with van der Waals surface area (Å²) in [7, 11) is 0. The Bertz CT molecular complexity index is 402. The van der Waals surface area contributed by atoms with Gasteiger partial charge >= 0.3 is 0 Å². The molecule has 2 rings (SSSR count). The minimum Gasteiger partial charge on any atom is -0.309 e. The number of hydrogen-bond acceptors (Lipinski definition) is 1. The van der Waals surface area contributed by atoms with Crippen LogP contribution in [0.4, 0.5) is 0 Å². The van der Waals surface area contributed by atoms with E-state index in [2.05, 4.69) is 57.3 Å². The molecule has 0 radical (unpaired) electrons. The van der Waals surface area contributed by atoms with Gasteiger partial charge in [-0.1, -0.05) is 64.8 Å². The lowest BCUT2D eigenvalue weighted by Gasteiger charge is -2.39. The van der Waals surface area contributed by atoms with Gasteiger partial charge in [-0.15, -0.1) is 0 Å². The predicted octanol–water partition coefficient (Wildman–Crippen LogP) is 4.94. The summed E-state index contributed by atoms with van der Waals surface area (Å²) < 4.78 is 0. The second kappa shape index (κ2) is 6.76. The highest BCUT2D eigenvalue weighted by atomic mass is 14.9. The molecule has 112 valence electrons. The molecule has 1 aromatic rings. The van der Waals surface area contributed by atoms with Crippen molar-refractivity contribution in [2.24, 2.45) is 11.3 Å². The van der Waals surface area contributed by atoms with Gasteiger partial charge in [0.1, 0.15) is 0 Å². The van der Waals surface area contributed by atoms with Crippen LogP contribution in [0.25, 0.3) is 0 Å². The van der Waals surface area contributed by atoms with Crippen molar-refractivity contribution in [2.45, 2.75) is 72.4 Å². The Labute approximate surface area is 125 Å². The first kappa shape index (κ1) is 15.6. The maximum absolute atomic E-state index is 3.79. The van der Waals surface area contributed by atoms with Crippen molar-refractivity contribution >= 4 is 0 Å². The summed E-state index contributed by atoms with van der Waals surface area (Å²) in [4.78, 5) is 0. The minimum absolute atomic E-state index is 0.454. The third-order valence-electron chi connectivity index (χ3n) is 4.73. The van der Waals surface area contributed by atoms with Crippen molar-refractivity contribution in [3.8, 4) is 0 Å². The molecule has 1 atom stereocenters. The zero-order chi connectivity index (χ0) is 14.6. The summed E-state index contributed by atoms with van der Waals surface area (Å²) in [5, 5.41) is 3.79. The van der Waals surface area contributed by atoms with Gasteiger partial charge in [0.2, 0.25) is 0 Å². The fourth-order valence-corrected chi connectivity index (χ4v) is 3.38. The maximum Gasteiger partial charge on any atom is 0.0208 e. The van der Waals surface area contributed by atoms with Gasteiger partial charge in [0, 0.05) is 12.6 Å². The van der Waals surface area contributed by atoms with Crippen molar-refractivity contribution < 1.29 is 0 Å². The Balaban J connectivity index is 1.87. The summed E-state index contributed by atoms with van der Waals surface area (Å²) >= 11 is 0. The Kier molecular flexibility index (Phi) is 5.26. The molecule has 0 amide bonds. The van der Waals surface area contributed by atoms with E-state index in [0.29, 0.717) is 11.5 Å². The largest absolute Gasteiger partial charge is 0.309 e. The van der Waals surface area contributed by atoms with E-state index in [0.717, 1.165) is 12.5 Å². The Hall–Kier alpha value is -0.820. The molecular formula is C19H31N. The van der Waals surface area contributed by atoms with Crippen LogP contribution in [0, 0.1) is 11.3 Å². The lowest BCUT2D eigenvalue weighted by Crippen LogP contribution is -2.43. The van der Waals surface area contributed by atoms with Crippen LogP contribution in [-0.2, 0) is 13.0 Å². The Morgan fingerprint density at radius 2 is 1.75 bits per heavy atom. The lowest BCUT2D eigenvalue weighted by atomic mass is 9.73. The zero-order valence-electron chi connectivity index (χ0n) is 13.7. The number of rotatable bonds is 5. The predicted molar refractivity (Wildman–Crippen MR) is 87.9 cm³/mol. The van der Waals surface area contributed by atoms with E-state index in [1.807, 2.05) is 0 Å². The molecule has 1 saturated carbocycles. The topological polar surface area (TPSA) is 12.0 Å². The summed E-state index contributed by atoms with van der Waals surface area (Å²) in [6.45, 7) is 10.4. The van der Waals surface area contributed by atoms with Crippen LogP contribution in [0.2, 0.25) is 0 Å².